The highest BCUT2D eigenvalue weighted by molar-refractivity contribution is 7.85. The van der Waals surface area contributed by atoms with E-state index < -0.39 is 10.1 Å². The molecule has 0 saturated carbocycles. The maximum atomic E-state index is 10.5. The summed E-state index contributed by atoms with van der Waals surface area (Å²) in [5.74, 6) is -0.258. The van der Waals surface area contributed by atoms with Crippen LogP contribution in [-0.4, -0.2) is 18.7 Å². The molecule has 0 amide bonds. The first-order valence-corrected chi connectivity index (χ1v) is 13.3. The van der Waals surface area contributed by atoms with E-state index in [0.29, 0.717) is 0 Å². The van der Waals surface area contributed by atoms with Crippen LogP contribution >= 0.6 is 0 Å². The Morgan fingerprint density at radius 3 is 1.22 bits per heavy atom. The fourth-order valence-electron chi connectivity index (χ4n) is 3.47. The highest BCUT2D eigenvalue weighted by atomic mass is 32.2. The van der Waals surface area contributed by atoms with Gasteiger partial charge in [-0.25, -0.2) is 0 Å². The molecule has 0 aliphatic rings. The van der Waals surface area contributed by atoms with Crippen LogP contribution in [0.15, 0.2) is 12.2 Å². The van der Waals surface area contributed by atoms with E-state index >= 15 is 0 Å². The van der Waals surface area contributed by atoms with Crippen LogP contribution in [0.2, 0.25) is 0 Å². The molecule has 0 aliphatic carbocycles. The van der Waals surface area contributed by atoms with Gasteiger partial charge in [0.05, 0.1) is 5.75 Å². The van der Waals surface area contributed by atoms with E-state index in [2.05, 4.69) is 6.92 Å². The summed E-state index contributed by atoms with van der Waals surface area (Å²) in [5.41, 5.74) is 0. The van der Waals surface area contributed by atoms with Crippen LogP contribution in [0.5, 0.6) is 0 Å². The van der Waals surface area contributed by atoms with Crippen molar-refractivity contribution in [2.24, 2.45) is 0 Å². The largest absolute Gasteiger partial charge is 0.285 e. The summed E-state index contributed by atoms with van der Waals surface area (Å²) in [6.45, 7) is 2.28. The first-order valence-electron chi connectivity index (χ1n) is 11.7. The van der Waals surface area contributed by atoms with Crippen molar-refractivity contribution < 1.29 is 13.0 Å². The van der Waals surface area contributed by atoms with Gasteiger partial charge >= 0.3 is 0 Å². The lowest BCUT2D eigenvalue weighted by Gasteiger charge is -2.03. The Balaban J connectivity index is 3.09. The molecule has 1 N–H and O–H groups in total. The predicted octanol–water partition coefficient (Wildman–Crippen LogP) is 7.86. The van der Waals surface area contributed by atoms with E-state index in [1.165, 1.54) is 109 Å². The molecule has 0 atom stereocenters. The Morgan fingerprint density at radius 2 is 0.889 bits per heavy atom. The lowest BCUT2D eigenvalue weighted by atomic mass is 10.0. The number of allylic oxidation sites excluding steroid dienone is 1. The lowest BCUT2D eigenvalue weighted by molar-refractivity contribution is 0.486. The fraction of sp³-hybridized carbons (Fsp3) is 0.913. The molecule has 0 radical (unpaired) electrons. The van der Waals surface area contributed by atoms with Gasteiger partial charge in [0.25, 0.3) is 10.1 Å². The lowest BCUT2D eigenvalue weighted by Crippen LogP contribution is -1.99. The second-order valence-electron chi connectivity index (χ2n) is 8.02. The minimum atomic E-state index is -3.84. The van der Waals surface area contributed by atoms with E-state index in [9.17, 15) is 8.42 Å². The molecule has 0 saturated heterocycles. The minimum absolute atomic E-state index is 0.258. The predicted molar refractivity (Wildman–Crippen MR) is 119 cm³/mol. The van der Waals surface area contributed by atoms with Crippen LogP contribution in [0.25, 0.3) is 0 Å². The van der Waals surface area contributed by atoms with E-state index in [0.717, 1.165) is 12.8 Å². The minimum Gasteiger partial charge on any atom is -0.285 e. The molecule has 4 heteroatoms. The Morgan fingerprint density at radius 1 is 0.556 bits per heavy atom. The zero-order chi connectivity index (χ0) is 20.1. The molecule has 0 unspecified atom stereocenters. The number of hydrogen-bond donors (Lipinski definition) is 1. The van der Waals surface area contributed by atoms with Crippen molar-refractivity contribution in [1.82, 2.24) is 0 Å². The first kappa shape index (κ1) is 26.6. The zero-order valence-corrected chi connectivity index (χ0v) is 18.8. The van der Waals surface area contributed by atoms with Gasteiger partial charge < -0.3 is 0 Å². The average Bonchev–Trinajstić information content (AvgIpc) is 2.62. The van der Waals surface area contributed by atoms with Crippen LogP contribution in [0.3, 0.4) is 0 Å². The van der Waals surface area contributed by atoms with Gasteiger partial charge in [-0.2, -0.15) is 8.42 Å². The molecule has 0 spiro atoms. The van der Waals surface area contributed by atoms with E-state index in [4.69, 9.17) is 4.55 Å². The highest BCUT2D eigenvalue weighted by Gasteiger charge is 1.98. The van der Waals surface area contributed by atoms with Gasteiger partial charge in [0.1, 0.15) is 0 Å². The normalized spacial score (nSPS) is 12.2. The second kappa shape index (κ2) is 20.4. The summed E-state index contributed by atoms with van der Waals surface area (Å²) >= 11 is 0. The Kier molecular flexibility index (Phi) is 20.1. The van der Waals surface area contributed by atoms with Gasteiger partial charge in [-0.1, -0.05) is 128 Å². The molecule has 0 aromatic heterocycles. The van der Waals surface area contributed by atoms with Gasteiger partial charge in [0.2, 0.25) is 0 Å². The highest BCUT2D eigenvalue weighted by Crippen LogP contribution is 2.14. The van der Waals surface area contributed by atoms with Crippen molar-refractivity contribution in [1.29, 1.82) is 0 Å². The van der Waals surface area contributed by atoms with Crippen LogP contribution < -0.4 is 0 Å². The topological polar surface area (TPSA) is 54.4 Å². The van der Waals surface area contributed by atoms with Gasteiger partial charge in [-0.05, 0) is 12.8 Å². The molecule has 0 bridgehead atoms. The first-order chi connectivity index (χ1) is 13.1. The summed E-state index contributed by atoms with van der Waals surface area (Å²) in [4.78, 5) is 0. The van der Waals surface area contributed by atoms with Crippen LogP contribution in [0, 0.1) is 0 Å². The van der Waals surface area contributed by atoms with Gasteiger partial charge in [-0.3, -0.25) is 4.55 Å². The molecule has 162 valence electrons. The van der Waals surface area contributed by atoms with Crippen molar-refractivity contribution in [2.75, 3.05) is 5.75 Å². The molecule has 0 aromatic rings. The summed E-state index contributed by atoms with van der Waals surface area (Å²) in [7, 11) is -3.84. The van der Waals surface area contributed by atoms with Crippen molar-refractivity contribution in [2.45, 2.75) is 129 Å². The van der Waals surface area contributed by atoms with Crippen molar-refractivity contribution in [3.05, 3.63) is 12.2 Å². The third-order valence-electron chi connectivity index (χ3n) is 5.20. The Hall–Kier alpha value is -0.350. The molecular weight excluding hydrogens is 356 g/mol. The molecule has 27 heavy (non-hydrogen) atoms. The molecule has 0 fully saturated rings. The van der Waals surface area contributed by atoms with Gasteiger partial charge in [0, 0.05) is 0 Å². The molecule has 3 nitrogen and oxygen atoms in total. The molecule has 0 heterocycles. The fourth-order valence-corrected chi connectivity index (χ4v) is 3.85. The second-order valence-corrected chi connectivity index (χ2v) is 9.52. The SMILES string of the molecule is CCCCCCCCCCCCCCCCCCCCC=CCS(=O)(=O)O. The van der Waals surface area contributed by atoms with E-state index in [-0.39, 0.29) is 5.75 Å². The van der Waals surface area contributed by atoms with Crippen LogP contribution in [0.4, 0.5) is 0 Å². The summed E-state index contributed by atoms with van der Waals surface area (Å²) in [6, 6.07) is 0. The quantitative estimate of drug-likeness (QED) is 0.121. The third-order valence-corrected chi connectivity index (χ3v) is 5.81. The molecular formula is C23H46O3S. The van der Waals surface area contributed by atoms with Gasteiger partial charge in [0.15, 0.2) is 0 Å². The number of unbranched alkanes of at least 4 members (excludes halogenated alkanes) is 18. The summed E-state index contributed by atoms with van der Waals surface area (Å²) in [5, 5.41) is 0. The standard InChI is InChI=1S/C23H46O3S/c1-2-3-4-5-6-7-8-9-10-11-12-13-14-15-16-17-18-19-20-21-22-23-27(24,25)26/h21-22H,2-20,23H2,1H3,(H,24,25,26). The Labute approximate surface area is 170 Å². The third kappa shape index (κ3) is 25.7. The molecule has 0 aromatic carbocycles. The maximum Gasteiger partial charge on any atom is 0.268 e. The Bertz CT molecular complexity index is 415. The van der Waals surface area contributed by atoms with Crippen LogP contribution in [0.1, 0.15) is 129 Å². The zero-order valence-electron chi connectivity index (χ0n) is 18.0. The average molecular weight is 403 g/mol. The molecule has 0 rings (SSSR count). The summed E-state index contributed by atoms with van der Waals surface area (Å²) < 4.78 is 29.7. The van der Waals surface area contributed by atoms with Crippen molar-refractivity contribution in [3.8, 4) is 0 Å². The van der Waals surface area contributed by atoms with Crippen LogP contribution in [-0.2, 0) is 10.1 Å². The number of rotatable bonds is 21. The van der Waals surface area contributed by atoms with Crippen molar-refractivity contribution in [3.63, 3.8) is 0 Å². The smallest absolute Gasteiger partial charge is 0.268 e. The van der Waals surface area contributed by atoms with E-state index in [1.807, 2.05) is 6.08 Å². The summed E-state index contributed by atoms with van der Waals surface area (Å²) in [6.07, 6.45) is 29.1. The van der Waals surface area contributed by atoms with E-state index in [1.54, 1.807) is 6.08 Å². The molecule has 0 aliphatic heterocycles. The maximum absolute atomic E-state index is 10.5. The number of hydrogen-bond acceptors (Lipinski definition) is 2. The monoisotopic (exact) mass is 402 g/mol. The van der Waals surface area contributed by atoms with Crippen molar-refractivity contribution >= 4 is 10.1 Å². The van der Waals surface area contributed by atoms with Gasteiger partial charge in [-0.15, -0.1) is 0 Å².